The van der Waals surface area contributed by atoms with Crippen molar-refractivity contribution in [1.82, 2.24) is 29.0 Å². The quantitative estimate of drug-likeness (QED) is 0.655. The molecule has 178 valence electrons. The summed E-state index contributed by atoms with van der Waals surface area (Å²) < 4.78 is 5.21. The van der Waals surface area contributed by atoms with Gasteiger partial charge in [0.05, 0.1) is 5.52 Å². The molecule has 33 heavy (non-hydrogen) atoms. The number of nitrogens with one attached hydrogen (secondary N) is 1. The number of fused-ring (bicyclic) bond motifs is 1. The molecule has 1 aliphatic carbocycles. The fourth-order valence-corrected chi connectivity index (χ4v) is 4.91. The van der Waals surface area contributed by atoms with Crippen molar-refractivity contribution in [3.05, 3.63) is 46.5 Å². The van der Waals surface area contributed by atoms with Crippen LogP contribution in [0.3, 0.4) is 0 Å². The Morgan fingerprint density at radius 3 is 2.61 bits per heavy atom. The Morgan fingerprint density at radius 1 is 1.24 bits per heavy atom. The second-order valence-corrected chi connectivity index (χ2v) is 11.4. The van der Waals surface area contributed by atoms with Crippen molar-refractivity contribution < 1.29 is 4.79 Å². The zero-order chi connectivity index (χ0) is 24.1. The molecule has 1 aliphatic rings. The van der Waals surface area contributed by atoms with Gasteiger partial charge >= 0.3 is 5.69 Å². The first kappa shape index (κ1) is 23.3. The first-order valence-electron chi connectivity index (χ1n) is 11.7. The largest absolute Gasteiger partial charge is 0.346 e. The Kier molecular flexibility index (Phi) is 5.75. The smallest absolute Gasteiger partial charge is 0.330 e. The first-order valence-corrected chi connectivity index (χ1v) is 11.7. The maximum absolute atomic E-state index is 12.9. The predicted molar refractivity (Wildman–Crippen MR) is 129 cm³/mol. The number of amides is 1. The van der Waals surface area contributed by atoms with Gasteiger partial charge in [0.25, 0.3) is 5.91 Å². The molecular weight excluding hydrogens is 416 g/mol. The lowest BCUT2D eigenvalue weighted by atomic mass is 9.68. The van der Waals surface area contributed by atoms with E-state index in [9.17, 15) is 9.59 Å². The number of hydrogen-bond acceptors (Lipinski definition) is 4. The Bertz CT molecular complexity index is 1240. The monoisotopic (exact) mass is 452 g/mol. The van der Waals surface area contributed by atoms with E-state index in [0.717, 1.165) is 36.1 Å². The van der Waals surface area contributed by atoms with Gasteiger partial charge in [-0.25, -0.2) is 14.8 Å². The number of carbonyl (C=O) groups is 1. The van der Waals surface area contributed by atoms with Gasteiger partial charge in [0.2, 0.25) is 0 Å². The fourth-order valence-electron chi connectivity index (χ4n) is 4.91. The number of aromatic nitrogens is 5. The molecule has 0 aliphatic heterocycles. The molecule has 1 N–H and O–H groups in total. The van der Waals surface area contributed by atoms with Crippen molar-refractivity contribution in [2.24, 2.45) is 24.9 Å². The van der Waals surface area contributed by atoms with Gasteiger partial charge in [0.15, 0.2) is 11.5 Å². The Morgan fingerprint density at radius 2 is 1.97 bits per heavy atom. The molecule has 1 saturated carbocycles. The van der Waals surface area contributed by atoms with E-state index in [1.807, 2.05) is 17.7 Å². The SMILES string of the molecule is Cn1ccnc1C(=O)NC1CC(c2ccc3c(n2)n(C)c(=O)n3CC(C)(C)C)CCC1(C)C. The summed E-state index contributed by atoms with van der Waals surface area (Å²) in [6.07, 6.45) is 6.19. The van der Waals surface area contributed by atoms with Crippen molar-refractivity contribution in [3.63, 3.8) is 0 Å². The lowest BCUT2D eigenvalue weighted by molar-refractivity contribution is 0.0823. The third-order valence-electron chi connectivity index (χ3n) is 6.98. The van der Waals surface area contributed by atoms with Crippen LogP contribution >= 0.6 is 0 Å². The van der Waals surface area contributed by atoms with E-state index in [1.165, 1.54) is 0 Å². The lowest BCUT2D eigenvalue weighted by Gasteiger charge is -2.42. The number of aryl methyl sites for hydroxylation is 2. The van der Waals surface area contributed by atoms with Crippen molar-refractivity contribution in [3.8, 4) is 0 Å². The van der Waals surface area contributed by atoms with Crippen molar-refractivity contribution in [2.75, 3.05) is 0 Å². The molecule has 0 bridgehead atoms. The zero-order valence-electron chi connectivity index (χ0n) is 20.8. The van der Waals surface area contributed by atoms with Crippen LogP contribution in [0.4, 0.5) is 0 Å². The maximum Gasteiger partial charge on any atom is 0.330 e. The third-order valence-corrected chi connectivity index (χ3v) is 6.98. The lowest BCUT2D eigenvalue weighted by Crippen LogP contribution is -2.48. The van der Waals surface area contributed by atoms with Crippen LogP contribution in [0, 0.1) is 10.8 Å². The highest BCUT2D eigenvalue weighted by Gasteiger charge is 2.39. The molecule has 3 aromatic rings. The highest BCUT2D eigenvalue weighted by molar-refractivity contribution is 5.91. The van der Waals surface area contributed by atoms with Gasteiger partial charge in [-0.1, -0.05) is 34.6 Å². The number of imidazole rings is 2. The molecule has 0 radical (unpaired) electrons. The van der Waals surface area contributed by atoms with Crippen molar-refractivity contribution in [2.45, 2.75) is 72.4 Å². The molecule has 2 unspecified atom stereocenters. The van der Waals surface area contributed by atoms with Gasteiger partial charge in [-0.3, -0.25) is 13.9 Å². The van der Waals surface area contributed by atoms with Crippen LogP contribution in [0.1, 0.15) is 76.1 Å². The topological polar surface area (TPSA) is 86.7 Å². The summed E-state index contributed by atoms with van der Waals surface area (Å²) in [6, 6.07) is 4.10. The van der Waals surface area contributed by atoms with E-state index in [0.29, 0.717) is 12.4 Å². The van der Waals surface area contributed by atoms with Crippen LogP contribution < -0.4 is 11.0 Å². The van der Waals surface area contributed by atoms with Crippen molar-refractivity contribution >= 4 is 17.1 Å². The molecule has 0 saturated heterocycles. The molecule has 2 atom stereocenters. The standard InChI is InChI=1S/C25H36N6O2/c1-24(2,3)15-31-18-9-8-17(27-20(18)30(7)23(31)33)16-10-11-25(4,5)19(14-16)28-22(32)21-26-12-13-29(21)6/h8-9,12-13,16,19H,10-11,14-15H2,1-7H3,(H,28,32). The van der Waals surface area contributed by atoms with E-state index >= 15 is 0 Å². The number of carbonyl (C=O) groups excluding carboxylic acids is 1. The zero-order valence-corrected chi connectivity index (χ0v) is 20.8. The molecular formula is C25H36N6O2. The summed E-state index contributed by atoms with van der Waals surface area (Å²) in [5, 5.41) is 3.23. The maximum atomic E-state index is 12.9. The van der Waals surface area contributed by atoms with Gasteiger partial charge in [-0.15, -0.1) is 0 Å². The highest BCUT2D eigenvalue weighted by atomic mass is 16.2. The van der Waals surface area contributed by atoms with E-state index in [2.05, 4.69) is 51.0 Å². The molecule has 3 aromatic heterocycles. The molecule has 0 aromatic carbocycles. The molecule has 8 nitrogen and oxygen atoms in total. The first-order chi connectivity index (χ1) is 15.4. The molecule has 4 rings (SSSR count). The highest BCUT2D eigenvalue weighted by Crippen LogP contribution is 2.42. The van der Waals surface area contributed by atoms with E-state index in [-0.39, 0.29) is 34.4 Å². The second kappa shape index (κ2) is 8.15. The molecule has 0 spiro atoms. The third kappa shape index (κ3) is 4.48. The summed E-state index contributed by atoms with van der Waals surface area (Å²) in [7, 11) is 3.62. The second-order valence-electron chi connectivity index (χ2n) is 11.4. The summed E-state index contributed by atoms with van der Waals surface area (Å²) >= 11 is 0. The summed E-state index contributed by atoms with van der Waals surface area (Å²) in [4.78, 5) is 34.9. The van der Waals surface area contributed by atoms with Crippen LogP contribution in [-0.2, 0) is 20.6 Å². The van der Waals surface area contributed by atoms with Crippen LogP contribution in [0.25, 0.3) is 11.2 Å². The van der Waals surface area contributed by atoms with Gasteiger partial charge in [-0.2, -0.15) is 0 Å². The van der Waals surface area contributed by atoms with Gasteiger partial charge in [0, 0.05) is 50.7 Å². The fraction of sp³-hybridized carbons (Fsp3) is 0.600. The van der Waals surface area contributed by atoms with E-state index in [1.54, 1.807) is 28.6 Å². The molecule has 8 heteroatoms. The van der Waals surface area contributed by atoms with Crippen LogP contribution in [0.15, 0.2) is 29.3 Å². The molecule has 1 amide bonds. The number of rotatable bonds is 4. The average Bonchev–Trinajstić information content (AvgIpc) is 3.25. The van der Waals surface area contributed by atoms with Gasteiger partial charge in [0.1, 0.15) is 0 Å². The average molecular weight is 453 g/mol. The summed E-state index contributed by atoms with van der Waals surface area (Å²) in [5.74, 6) is 0.490. The minimum atomic E-state index is -0.147. The Labute approximate surface area is 195 Å². The normalized spacial score (nSPS) is 20.8. The predicted octanol–water partition coefficient (Wildman–Crippen LogP) is 3.61. The Balaban J connectivity index is 1.61. The van der Waals surface area contributed by atoms with Crippen LogP contribution in [-0.4, -0.2) is 35.6 Å². The van der Waals surface area contributed by atoms with Crippen LogP contribution in [0.2, 0.25) is 0 Å². The summed E-state index contributed by atoms with van der Waals surface area (Å²) in [6.45, 7) is 11.4. The number of hydrogen-bond donors (Lipinski definition) is 1. The van der Waals surface area contributed by atoms with Crippen LogP contribution in [0.5, 0.6) is 0 Å². The van der Waals surface area contributed by atoms with E-state index in [4.69, 9.17) is 4.98 Å². The van der Waals surface area contributed by atoms with Gasteiger partial charge in [-0.05, 0) is 42.2 Å². The molecule has 1 fully saturated rings. The minimum Gasteiger partial charge on any atom is -0.346 e. The Hall–Kier alpha value is -2.90. The number of nitrogens with zero attached hydrogens (tertiary/aromatic N) is 5. The summed E-state index contributed by atoms with van der Waals surface area (Å²) in [5.41, 5.74) is 2.51. The van der Waals surface area contributed by atoms with Crippen molar-refractivity contribution in [1.29, 1.82) is 0 Å². The minimum absolute atomic E-state index is 0.00672. The number of pyridine rings is 1. The molecule has 3 heterocycles. The van der Waals surface area contributed by atoms with Gasteiger partial charge < -0.3 is 9.88 Å². The van der Waals surface area contributed by atoms with E-state index < -0.39 is 0 Å².